The average Bonchev–Trinajstić information content (AvgIpc) is 2.16. The third-order valence-corrected chi connectivity index (χ3v) is 2.25. The van der Waals surface area contributed by atoms with Crippen LogP contribution in [0, 0.1) is 12.3 Å². The quantitative estimate of drug-likeness (QED) is 0.391. The van der Waals surface area contributed by atoms with Gasteiger partial charge in [-0.15, -0.1) is 12.3 Å². The van der Waals surface area contributed by atoms with Crippen molar-refractivity contribution in [3.63, 3.8) is 0 Å². The van der Waals surface area contributed by atoms with Gasteiger partial charge in [-0.25, -0.2) is 0 Å². The first-order valence-electron chi connectivity index (χ1n) is 4.95. The minimum atomic E-state index is -2.14. The van der Waals surface area contributed by atoms with Crippen molar-refractivity contribution >= 4 is 8.25 Å². The molecule has 0 amide bonds. The number of hydrogen-bond donors (Lipinski definition) is 0. The van der Waals surface area contributed by atoms with Crippen LogP contribution < -0.4 is 0 Å². The molecule has 0 unspecified atom stereocenters. The van der Waals surface area contributed by atoms with E-state index < -0.39 is 8.25 Å². The highest BCUT2D eigenvalue weighted by atomic mass is 31.1. The first-order valence-corrected chi connectivity index (χ1v) is 6.18. The van der Waals surface area contributed by atoms with Crippen molar-refractivity contribution in [1.29, 1.82) is 0 Å². The van der Waals surface area contributed by atoms with Gasteiger partial charge in [0, 0.05) is 6.42 Å². The average molecular weight is 220 g/mol. The second kappa shape index (κ2) is 15.2. The maximum absolute atomic E-state index is 10.4. The summed E-state index contributed by atoms with van der Waals surface area (Å²) in [5, 5.41) is 0. The molecule has 0 spiro atoms. The van der Waals surface area contributed by atoms with E-state index in [1.54, 1.807) is 13.8 Å². The molecule has 84 valence electrons. The molecule has 0 radical (unpaired) electrons. The van der Waals surface area contributed by atoms with Gasteiger partial charge in [0.2, 0.25) is 0 Å². The summed E-state index contributed by atoms with van der Waals surface area (Å²) in [7, 11) is -2.14. The maximum Gasteiger partial charge on any atom is 0.319 e. The van der Waals surface area contributed by atoms with E-state index in [-0.39, 0.29) is 0 Å². The van der Waals surface area contributed by atoms with Gasteiger partial charge in [0.1, 0.15) is 0 Å². The van der Waals surface area contributed by atoms with Gasteiger partial charge in [-0.05, 0) is 20.3 Å². The van der Waals surface area contributed by atoms with Crippen LogP contribution in [0.4, 0.5) is 0 Å². The fourth-order valence-electron chi connectivity index (χ4n) is 0.556. The summed E-state index contributed by atoms with van der Waals surface area (Å²) in [5.74, 6) is 2.57. The Kier molecular flexibility index (Phi) is 17.5. The fourth-order valence-corrected chi connectivity index (χ4v) is 1.11. The highest BCUT2D eigenvalue weighted by Gasteiger charge is 1.91. The summed E-state index contributed by atoms with van der Waals surface area (Å²) < 4.78 is 19.6. The van der Waals surface area contributed by atoms with Gasteiger partial charge >= 0.3 is 8.25 Å². The topological polar surface area (TPSA) is 35.5 Å². The molecule has 0 aromatic heterocycles. The van der Waals surface area contributed by atoms with E-state index in [4.69, 9.17) is 6.42 Å². The minimum Gasteiger partial charge on any atom is -0.311 e. The van der Waals surface area contributed by atoms with Crippen molar-refractivity contribution in [1.82, 2.24) is 0 Å². The Hall–Kier alpha value is -0.290. The molecule has 0 aliphatic rings. The van der Waals surface area contributed by atoms with E-state index in [0.29, 0.717) is 13.2 Å². The maximum atomic E-state index is 10.4. The molecule has 3 nitrogen and oxygen atoms in total. The number of unbranched alkanes of at least 4 members (excludes halogenated alkanes) is 2. The molecule has 0 saturated carbocycles. The summed E-state index contributed by atoms with van der Waals surface area (Å²) in [5.41, 5.74) is 0. The van der Waals surface area contributed by atoms with Gasteiger partial charge in [-0.2, -0.15) is 0 Å². The van der Waals surface area contributed by atoms with Gasteiger partial charge in [0.05, 0.1) is 13.2 Å². The molecule has 0 atom stereocenters. The van der Waals surface area contributed by atoms with Crippen LogP contribution in [-0.2, 0) is 13.6 Å². The highest BCUT2D eigenvalue weighted by Crippen LogP contribution is 2.21. The normalized spacial score (nSPS) is 9.07. The summed E-state index contributed by atoms with van der Waals surface area (Å²) in [6.45, 7) is 6.61. The van der Waals surface area contributed by atoms with Crippen molar-refractivity contribution < 1.29 is 13.6 Å². The zero-order chi connectivity index (χ0) is 11.2. The van der Waals surface area contributed by atoms with E-state index in [1.807, 2.05) is 0 Å². The van der Waals surface area contributed by atoms with Crippen molar-refractivity contribution in [2.24, 2.45) is 0 Å². The number of hydrogen-bond acceptors (Lipinski definition) is 3. The molecule has 14 heavy (non-hydrogen) atoms. The molecule has 4 heteroatoms. The SMILES string of the molecule is C#CCCCC.CCO[PH](=O)OCC. The molecular formula is C10H21O3P. The zero-order valence-electron chi connectivity index (χ0n) is 9.34. The molecular weight excluding hydrogens is 199 g/mol. The lowest BCUT2D eigenvalue weighted by Gasteiger charge is -1.97. The highest BCUT2D eigenvalue weighted by molar-refractivity contribution is 7.33. The Balaban J connectivity index is 0. The van der Waals surface area contributed by atoms with Crippen molar-refractivity contribution in [3.05, 3.63) is 0 Å². The molecule has 0 fully saturated rings. The first-order chi connectivity index (χ1) is 6.72. The summed E-state index contributed by atoms with van der Waals surface area (Å²) >= 11 is 0. The first kappa shape index (κ1) is 16.2. The molecule has 0 aliphatic heterocycles. The molecule has 0 aliphatic carbocycles. The number of rotatable bonds is 6. The predicted octanol–water partition coefficient (Wildman–Crippen LogP) is 3.26. The lowest BCUT2D eigenvalue weighted by atomic mass is 10.3. The molecule has 0 aromatic carbocycles. The number of terminal acetylenes is 1. The minimum absolute atomic E-state index is 0.456. The fraction of sp³-hybridized carbons (Fsp3) is 0.800. The van der Waals surface area contributed by atoms with Crippen LogP contribution in [0.2, 0.25) is 0 Å². The van der Waals surface area contributed by atoms with Crippen LogP contribution in [0.25, 0.3) is 0 Å². The summed E-state index contributed by atoms with van der Waals surface area (Å²) in [6, 6.07) is 0. The van der Waals surface area contributed by atoms with Gasteiger partial charge in [-0.1, -0.05) is 13.3 Å². The molecule has 0 bridgehead atoms. The lowest BCUT2D eigenvalue weighted by molar-refractivity contribution is 0.243. The van der Waals surface area contributed by atoms with Crippen LogP contribution in [0.5, 0.6) is 0 Å². The summed E-state index contributed by atoms with van der Waals surface area (Å²) in [4.78, 5) is 0. The summed E-state index contributed by atoms with van der Waals surface area (Å²) in [6.07, 6.45) is 8.30. The molecule has 0 aromatic rings. The van der Waals surface area contributed by atoms with E-state index >= 15 is 0 Å². The molecule has 0 N–H and O–H groups in total. The largest absolute Gasteiger partial charge is 0.319 e. The standard InChI is InChI=1S/C6H10.C4H11O3P/c1-3-5-6-4-2;1-3-6-8(5)7-4-2/h1H,4-6H2,2H3;8H,3-4H2,1-2H3. The molecule has 0 saturated heterocycles. The van der Waals surface area contributed by atoms with Gasteiger partial charge in [0.15, 0.2) is 0 Å². The zero-order valence-corrected chi connectivity index (χ0v) is 10.3. The third-order valence-electron chi connectivity index (χ3n) is 1.20. The van der Waals surface area contributed by atoms with Crippen LogP contribution in [0.15, 0.2) is 0 Å². The Bertz CT molecular complexity index is 155. The van der Waals surface area contributed by atoms with Gasteiger partial charge < -0.3 is 9.05 Å². The monoisotopic (exact) mass is 220 g/mol. The Labute approximate surface area is 88.1 Å². The predicted molar refractivity (Wildman–Crippen MR) is 60.6 cm³/mol. The Morgan fingerprint density at radius 1 is 1.21 bits per heavy atom. The Morgan fingerprint density at radius 3 is 1.93 bits per heavy atom. The second-order valence-electron chi connectivity index (χ2n) is 2.42. The third kappa shape index (κ3) is 17.7. The van der Waals surface area contributed by atoms with Crippen LogP contribution in [0.3, 0.4) is 0 Å². The Morgan fingerprint density at radius 2 is 1.71 bits per heavy atom. The van der Waals surface area contributed by atoms with E-state index in [0.717, 1.165) is 6.42 Å². The van der Waals surface area contributed by atoms with Gasteiger partial charge in [0.25, 0.3) is 0 Å². The van der Waals surface area contributed by atoms with Crippen molar-refractivity contribution in [2.75, 3.05) is 13.2 Å². The van der Waals surface area contributed by atoms with Crippen LogP contribution in [-0.4, -0.2) is 13.2 Å². The molecule has 0 rings (SSSR count). The van der Waals surface area contributed by atoms with Crippen molar-refractivity contribution in [3.8, 4) is 12.3 Å². The van der Waals surface area contributed by atoms with E-state index in [1.165, 1.54) is 12.8 Å². The van der Waals surface area contributed by atoms with Crippen molar-refractivity contribution in [2.45, 2.75) is 40.0 Å². The lowest BCUT2D eigenvalue weighted by Crippen LogP contribution is -1.81. The van der Waals surface area contributed by atoms with Gasteiger partial charge in [-0.3, -0.25) is 4.57 Å². The second-order valence-corrected chi connectivity index (χ2v) is 3.50. The van der Waals surface area contributed by atoms with Crippen LogP contribution in [0.1, 0.15) is 40.0 Å². The smallest absolute Gasteiger partial charge is 0.311 e. The van der Waals surface area contributed by atoms with Crippen LogP contribution >= 0.6 is 8.25 Å². The van der Waals surface area contributed by atoms with E-state index in [2.05, 4.69) is 21.9 Å². The van der Waals surface area contributed by atoms with E-state index in [9.17, 15) is 4.57 Å². The molecule has 0 heterocycles.